The van der Waals surface area contributed by atoms with E-state index >= 15 is 0 Å². The van der Waals surface area contributed by atoms with Crippen LogP contribution in [0.25, 0.3) is 0 Å². The lowest BCUT2D eigenvalue weighted by atomic mass is 10.1. The van der Waals surface area contributed by atoms with Gasteiger partial charge in [0.25, 0.3) is 5.91 Å². The SMILES string of the molecule is CC(=O)N(c1nc(/C=N\NC(=O)c2ccc(F)cc2)cs1)c1c(C)cccc1C. The highest BCUT2D eigenvalue weighted by molar-refractivity contribution is 7.14. The van der Waals surface area contributed by atoms with Crippen LogP contribution in [-0.4, -0.2) is 23.0 Å². The van der Waals surface area contributed by atoms with Crippen molar-refractivity contribution in [1.29, 1.82) is 0 Å². The minimum atomic E-state index is -0.461. The molecule has 0 unspecified atom stereocenters. The molecule has 29 heavy (non-hydrogen) atoms. The fraction of sp³-hybridized carbons (Fsp3) is 0.143. The maximum atomic E-state index is 12.9. The average Bonchev–Trinajstić information content (AvgIpc) is 3.13. The van der Waals surface area contributed by atoms with E-state index in [0.717, 1.165) is 16.8 Å². The molecule has 0 radical (unpaired) electrons. The summed E-state index contributed by atoms with van der Waals surface area (Å²) >= 11 is 1.30. The van der Waals surface area contributed by atoms with Crippen molar-refractivity contribution < 1.29 is 14.0 Å². The van der Waals surface area contributed by atoms with E-state index in [0.29, 0.717) is 16.4 Å². The predicted octanol–water partition coefficient (Wildman–Crippen LogP) is 4.35. The van der Waals surface area contributed by atoms with E-state index in [1.807, 2.05) is 32.0 Å². The molecular formula is C21H19FN4O2S. The molecule has 6 nitrogen and oxygen atoms in total. The van der Waals surface area contributed by atoms with Gasteiger partial charge in [0.2, 0.25) is 5.91 Å². The number of amides is 2. The molecule has 2 amide bonds. The van der Waals surface area contributed by atoms with Crippen LogP contribution < -0.4 is 10.3 Å². The molecule has 0 aliphatic rings. The fourth-order valence-electron chi connectivity index (χ4n) is 2.81. The van der Waals surface area contributed by atoms with E-state index in [2.05, 4.69) is 15.5 Å². The van der Waals surface area contributed by atoms with Gasteiger partial charge < -0.3 is 0 Å². The van der Waals surface area contributed by atoms with Crippen LogP contribution in [0.5, 0.6) is 0 Å². The number of benzene rings is 2. The Balaban J connectivity index is 1.76. The molecule has 0 saturated heterocycles. The van der Waals surface area contributed by atoms with Gasteiger partial charge in [0.05, 0.1) is 17.6 Å². The van der Waals surface area contributed by atoms with Crippen LogP contribution in [0, 0.1) is 19.7 Å². The Bertz CT molecular complexity index is 1060. The zero-order valence-corrected chi connectivity index (χ0v) is 17.0. The summed E-state index contributed by atoms with van der Waals surface area (Å²) in [4.78, 5) is 30.3. The smallest absolute Gasteiger partial charge is 0.271 e. The minimum Gasteiger partial charge on any atom is -0.274 e. The molecule has 0 aliphatic carbocycles. The summed E-state index contributed by atoms with van der Waals surface area (Å²) < 4.78 is 12.9. The van der Waals surface area contributed by atoms with Crippen molar-refractivity contribution in [3.63, 3.8) is 0 Å². The second-order valence-corrected chi connectivity index (χ2v) is 7.19. The molecule has 1 N–H and O–H groups in total. The van der Waals surface area contributed by atoms with E-state index in [1.54, 1.807) is 10.3 Å². The summed E-state index contributed by atoms with van der Waals surface area (Å²) in [5.41, 5.74) is 5.91. The third-order valence-electron chi connectivity index (χ3n) is 4.15. The Kier molecular flexibility index (Phi) is 6.13. The van der Waals surface area contributed by atoms with Gasteiger partial charge in [0.15, 0.2) is 5.13 Å². The lowest BCUT2D eigenvalue weighted by Crippen LogP contribution is -2.24. The van der Waals surface area contributed by atoms with Crippen LogP contribution in [0.2, 0.25) is 0 Å². The number of hydrogen-bond acceptors (Lipinski definition) is 5. The highest BCUT2D eigenvalue weighted by Gasteiger charge is 2.21. The molecule has 0 bridgehead atoms. The van der Waals surface area contributed by atoms with Gasteiger partial charge in [0.1, 0.15) is 5.82 Å². The number of aromatic nitrogens is 1. The Morgan fingerprint density at radius 1 is 1.14 bits per heavy atom. The number of para-hydroxylation sites is 1. The van der Waals surface area contributed by atoms with Crippen LogP contribution in [0.4, 0.5) is 15.2 Å². The highest BCUT2D eigenvalue weighted by atomic mass is 32.1. The first-order chi connectivity index (χ1) is 13.9. The Labute approximate surface area is 171 Å². The summed E-state index contributed by atoms with van der Waals surface area (Å²) in [6.07, 6.45) is 1.39. The second-order valence-electron chi connectivity index (χ2n) is 6.36. The van der Waals surface area contributed by atoms with Crippen molar-refractivity contribution in [2.24, 2.45) is 5.10 Å². The van der Waals surface area contributed by atoms with E-state index in [-0.39, 0.29) is 5.91 Å². The lowest BCUT2D eigenvalue weighted by molar-refractivity contribution is -0.115. The van der Waals surface area contributed by atoms with Crippen LogP contribution >= 0.6 is 11.3 Å². The number of carbonyl (C=O) groups is 2. The molecule has 0 saturated carbocycles. The molecule has 0 atom stereocenters. The summed E-state index contributed by atoms with van der Waals surface area (Å²) in [5, 5.41) is 6.15. The van der Waals surface area contributed by atoms with Crippen molar-refractivity contribution in [3.8, 4) is 0 Å². The number of aryl methyl sites for hydroxylation is 2. The minimum absolute atomic E-state index is 0.148. The van der Waals surface area contributed by atoms with Crippen molar-refractivity contribution in [3.05, 3.63) is 76.0 Å². The molecule has 0 spiro atoms. The summed E-state index contributed by atoms with van der Waals surface area (Å²) in [6, 6.07) is 11.0. The van der Waals surface area contributed by atoms with E-state index in [4.69, 9.17) is 0 Å². The Hall–Kier alpha value is -3.39. The van der Waals surface area contributed by atoms with Gasteiger partial charge in [0, 0.05) is 17.9 Å². The number of hydrogen-bond donors (Lipinski definition) is 1. The van der Waals surface area contributed by atoms with Gasteiger partial charge in [-0.1, -0.05) is 18.2 Å². The van der Waals surface area contributed by atoms with E-state index in [9.17, 15) is 14.0 Å². The molecule has 1 aromatic heterocycles. The number of hydrazone groups is 1. The first kappa shape index (κ1) is 20.3. The first-order valence-corrected chi connectivity index (χ1v) is 9.66. The highest BCUT2D eigenvalue weighted by Crippen LogP contribution is 2.33. The zero-order valence-electron chi connectivity index (χ0n) is 16.1. The van der Waals surface area contributed by atoms with Crippen molar-refractivity contribution in [2.45, 2.75) is 20.8 Å². The lowest BCUT2D eigenvalue weighted by Gasteiger charge is -2.22. The van der Waals surface area contributed by atoms with E-state index in [1.165, 1.54) is 48.7 Å². The quantitative estimate of drug-likeness (QED) is 0.502. The number of rotatable bonds is 5. The second kappa shape index (κ2) is 8.74. The summed E-state index contributed by atoms with van der Waals surface area (Å²) in [7, 11) is 0. The van der Waals surface area contributed by atoms with Crippen molar-refractivity contribution in [1.82, 2.24) is 10.4 Å². The molecule has 3 rings (SSSR count). The molecule has 1 heterocycles. The molecule has 2 aromatic carbocycles. The van der Waals surface area contributed by atoms with E-state index < -0.39 is 11.7 Å². The molecule has 0 fully saturated rings. The zero-order chi connectivity index (χ0) is 21.0. The molecule has 0 aliphatic heterocycles. The van der Waals surface area contributed by atoms with Crippen LogP contribution in [0.3, 0.4) is 0 Å². The standard InChI is InChI=1S/C21H19FN4O2S/c1-13-5-4-6-14(2)19(13)26(15(3)27)21-24-18(12-29-21)11-23-25-20(28)16-7-9-17(22)10-8-16/h4-12H,1-3H3,(H,25,28)/b23-11-. The maximum Gasteiger partial charge on any atom is 0.271 e. The van der Waals surface area contributed by atoms with Gasteiger partial charge in [-0.25, -0.2) is 14.8 Å². The maximum absolute atomic E-state index is 12.9. The Morgan fingerprint density at radius 3 is 2.41 bits per heavy atom. The fourth-order valence-corrected chi connectivity index (χ4v) is 3.63. The van der Waals surface area contributed by atoms with Crippen LogP contribution in [0.15, 0.2) is 52.9 Å². The number of nitrogens with zero attached hydrogens (tertiary/aromatic N) is 3. The number of thiazole rings is 1. The molecular weight excluding hydrogens is 391 g/mol. The van der Waals surface area contributed by atoms with Gasteiger partial charge in [-0.3, -0.25) is 14.5 Å². The third kappa shape index (κ3) is 4.72. The van der Waals surface area contributed by atoms with Gasteiger partial charge in [-0.2, -0.15) is 5.10 Å². The van der Waals surface area contributed by atoms with Crippen LogP contribution in [-0.2, 0) is 4.79 Å². The van der Waals surface area contributed by atoms with Gasteiger partial charge in [-0.15, -0.1) is 11.3 Å². The van der Waals surface area contributed by atoms with Crippen molar-refractivity contribution in [2.75, 3.05) is 4.90 Å². The largest absolute Gasteiger partial charge is 0.274 e. The summed E-state index contributed by atoms with van der Waals surface area (Å²) in [6.45, 7) is 5.38. The van der Waals surface area contributed by atoms with Crippen LogP contribution in [0.1, 0.15) is 34.1 Å². The number of nitrogens with one attached hydrogen (secondary N) is 1. The molecule has 148 valence electrons. The predicted molar refractivity (Wildman–Crippen MR) is 112 cm³/mol. The number of halogens is 1. The van der Waals surface area contributed by atoms with Gasteiger partial charge in [-0.05, 0) is 49.2 Å². The molecule has 3 aromatic rings. The normalized spacial score (nSPS) is 10.9. The first-order valence-electron chi connectivity index (χ1n) is 8.78. The van der Waals surface area contributed by atoms with Crippen molar-refractivity contribution >= 4 is 40.2 Å². The topological polar surface area (TPSA) is 74.7 Å². The number of carbonyl (C=O) groups excluding carboxylic acids is 2. The van der Waals surface area contributed by atoms with Gasteiger partial charge >= 0.3 is 0 Å². The number of anilines is 2. The monoisotopic (exact) mass is 410 g/mol. The Morgan fingerprint density at radius 2 is 1.79 bits per heavy atom. The molecule has 8 heteroatoms. The summed E-state index contributed by atoms with van der Waals surface area (Å²) in [5.74, 6) is -1.03. The average molecular weight is 410 g/mol. The third-order valence-corrected chi connectivity index (χ3v) is 4.99.